The Morgan fingerprint density at radius 2 is 2.26 bits per heavy atom. The maximum atomic E-state index is 8.91. The molecule has 104 valence electrons. The van der Waals surface area contributed by atoms with E-state index in [4.69, 9.17) is 22.5 Å². The number of unbranched alkanes of at least 4 members (excludes halogenated alkanes) is 1. The van der Waals surface area contributed by atoms with Crippen LogP contribution in [0.15, 0.2) is 23.4 Å². The zero-order chi connectivity index (χ0) is 13.8. The van der Waals surface area contributed by atoms with E-state index in [1.54, 1.807) is 6.07 Å². The van der Waals surface area contributed by atoms with Crippen molar-refractivity contribution in [3.05, 3.63) is 28.8 Å². The van der Waals surface area contributed by atoms with Crippen LogP contribution < -0.4 is 10.6 Å². The predicted octanol–water partition coefficient (Wildman–Crippen LogP) is 3.20. The van der Waals surface area contributed by atoms with Gasteiger partial charge >= 0.3 is 0 Å². The molecule has 0 aliphatic heterocycles. The molecule has 19 heavy (non-hydrogen) atoms. The van der Waals surface area contributed by atoms with E-state index in [9.17, 15) is 0 Å². The molecule has 0 bridgehead atoms. The number of anilines is 1. The standard InChI is InChI=1S/C14H20ClN3O/c1-2-3-8-18(11-5-6-11)13-9-10(15)4-7-12(13)14(16)17-19/h4,7,9,11,19H,2-3,5-6,8H2,1H3,(H2,16,17). The van der Waals surface area contributed by atoms with Gasteiger partial charge in [0.2, 0.25) is 0 Å². The van der Waals surface area contributed by atoms with Gasteiger partial charge in [-0.25, -0.2) is 0 Å². The van der Waals surface area contributed by atoms with E-state index in [1.807, 2.05) is 12.1 Å². The minimum absolute atomic E-state index is 0.133. The first-order valence-corrected chi connectivity index (χ1v) is 7.09. The van der Waals surface area contributed by atoms with Crippen molar-refractivity contribution in [2.75, 3.05) is 11.4 Å². The lowest BCUT2D eigenvalue weighted by Gasteiger charge is -2.27. The number of nitrogens with two attached hydrogens (primary N) is 1. The van der Waals surface area contributed by atoms with Crippen LogP contribution in [-0.4, -0.2) is 23.6 Å². The van der Waals surface area contributed by atoms with E-state index in [-0.39, 0.29) is 5.84 Å². The second-order valence-corrected chi connectivity index (χ2v) is 5.36. The van der Waals surface area contributed by atoms with Gasteiger partial charge < -0.3 is 15.8 Å². The molecule has 0 heterocycles. The topological polar surface area (TPSA) is 61.8 Å². The number of oxime groups is 1. The van der Waals surface area contributed by atoms with Gasteiger partial charge in [0.1, 0.15) is 0 Å². The lowest BCUT2D eigenvalue weighted by atomic mass is 10.1. The third-order valence-electron chi connectivity index (χ3n) is 3.39. The zero-order valence-electron chi connectivity index (χ0n) is 11.1. The van der Waals surface area contributed by atoms with Crippen molar-refractivity contribution in [1.82, 2.24) is 0 Å². The summed E-state index contributed by atoms with van der Waals surface area (Å²) >= 11 is 6.10. The second-order valence-electron chi connectivity index (χ2n) is 4.92. The first-order chi connectivity index (χ1) is 9.17. The van der Waals surface area contributed by atoms with E-state index in [0.29, 0.717) is 11.1 Å². The fourth-order valence-corrected chi connectivity index (χ4v) is 2.39. The van der Waals surface area contributed by atoms with Crippen LogP contribution in [0.3, 0.4) is 0 Å². The Bertz CT molecular complexity index is 472. The highest BCUT2D eigenvalue weighted by Gasteiger charge is 2.30. The van der Waals surface area contributed by atoms with Crippen LogP contribution in [0.1, 0.15) is 38.2 Å². The number of benzene rings is 1. The molecule has 0 atom stereocenters. The summed E-state index contributed by atoms with van der Waals surface area (Å²) < 4.78 is 0. The van der Waals surface area contributed by atoms with Crippen molar-refractivity contribution in [2.45, 2.75) is 38.6 Å². The Morgan fingerprint density at radius 1 is 1.53 bits per heavy atom. The monoisotopic (exact) mass is 281 g/mol. The first kappa shape index (κ1) is 14.0. The summed E-state index contributed by atoms with van der Waals surface area (Å²) in [6.07, 6.45) is 4.67. The highest BCUT2D eigenvalue weighted by Crippen LogP contribution is 2.35. The maximum absolute atomic E-state index is 8.91. The van der Waals surface area contributed by atoms with Crippen molar-refractivity contribution in [3.63, 3.8) is 0 Å². The number of hydrogen-bond acceptors (Lipinski definition) is 3. The summed E-state index contributed by atoms with van der Waals surface area (Å²) in [5.41, 5.74) is 7.48. The molecule has 0 spiro atoms. The van der Waals surface area contributed by atoms with Gasteiger partial charge in [-0.05, 0) is 37.5 Å². The Balaban J connectivity index is 2.36. The molecule has 1 aliphatic carbocycles. The highest BCUT2D eigenvalue weighted by atomic mass is 35.5. The quantitative estimate of drug-likeness (QED) is 0.364. The average Bonchev–Trinajstić information content (AvgIpc) is 3.23. The predicted molar refractivity (Wildman–Crippen MR) is 79.2 cm³/mol. The van der Waals surface area contributed by atoms with E-state index in [2.05, 4.69) is 17.0 Å². The minimum atomic E-state index is 0.133. The normalized spacial score (nSPS) is 15.6. The molecule has 1 aliphatic rings. The fraction of sp³-hybridized carbons (Fsp3) is 0.500. The van der Waals surface area contributed by atoms with Crippen LogP contribution in [0.25, 0.3) is 0 Å². The van der Waals surface area contributed by atoms with E-state index in [1.165, 1.54) is 12.8 Å². The molecule has 4 nitrogen and oxygen atoms in total. The highest BCUT2D eigenvalue weighted by molar-refractivity contribution is 6.31. The third-order valence-corrected chi connectivity index (χ3v) is 3.63. The molecule has 0 unspecified atom stereocenters. The van der Waals surface area contributed by atoms with E-state index >= 15 is 0 Å². The van der Waals surface area contributed by atoms with Gasteiger partial charge in [-0.1, -0.05) is 30.1 Å². The molecule has 1 aromatic carbocycles. The summed E-state index contributed by atoms with van der Waals surface area (Å²) in [5, 5.41) is 12.7. The molecule has 2 rings (SSSR count). The Labute approximate surface area is 118 Å². The molecular formula is C14H20ClN3O. The molecule has 1 aromatic rings. The van der Waals surface area contributed by atoms with Gasteiger partial charge in [0, 0.05) is 28.9 Å². The van der Waals surface area contributed by atoms with Crippen LogP contribution in [0.2, 0.25) is 5.02 Å². The van der Waals surface area contributed by atoms with Gasteiger partial charge in [0.15, 0.2) is 5.84 Å². The summed E-state index contributed by atoms with van der Waals surface area (Å²) in [7, 11) is 0. The lowest BCUT2D eigenvalue weighted by Crippen LogP contribution is -2.29. The number of hydrogen-bond donors (Lipinski definition) is 2. The molecule has 3 N–H and O–H groups in total. The molecule has 0 radical (unpaired) electrons. The number of rotatable bonds is 6. The van der Waals surface area contributed by atoms with Crippen molar-refractivity contribution >= 4 is 23.1 Å². The third kappa shape index (κ3) is 3.32. The number of nitrogens with zero attached hydrogens (tertiary/aromatic N) is 2. The minimum Gasteiger partial charge on any atom is -0.409 e. The largest absolute Gasteiger partial charge is 0.409 e. The van der Waals surface area contributed by atoms with Crippen LogP contribution >= 0.6 is 11.6 Å². The smallest absolute Gasteiger partial charge is 0.172 e. The fourth-order valence-electron chi connectivity index (χ4n) is 2.23. The molecular weight excluding hydrogens is 262 g/mol. The van der Waals surface area contributed by atoms with Gasteiger partial charge in [-0.2, -0.15) is 0 Å². The molecule has 5 heteroatoms. The van der Waals surface area contributed by atoms with E-state index in [0.717, 1.165) is 30.6 Å². The Kier molecular flexibility index (Phi) is 4.53. The van der Waals surface area contributed by atoms with Crippen molar-refractivity contribution in [1.29, 1.82) is 0 Å². The summed E-state index contributed by atoms with van der Waals surface area (Å²) in [4.78, 5) is 2.34. The average molecular weight is 282 g/mol. The number of amidine groups is 1. The molecule has 1 saturated carbocycles. The molecule has 0 saturated heterocycles. The molecule has 1 fully saturated rings. The van der Waals surface area contributed by atoms with Crippen molar-refractivity contribution in [3.8, 4) is 0 Å². The van der Waals surface area contributed by atoms with Crippen molar-refractivity contribution < 1.29 is 5.21 Å². The first-order valence-electron chi connectivity index (χ1n) is 6.71. The lowest BCUT2D eigenvalue weighted by molar-refractivity contribution is 0.318. The second kappa shape index (κ2) is 6.15. The van der Waals surface area contributed by atoms with E-state index < -0.39 is 0 Å². The zero-order valence-corrected chi connectivity index (χ0v) is 11.9. The Morgan fingerprint density at radius 3 is 2.84 bits per heavy atom. The van der Waals surface area contributed by atoms with Crippen LogP contribution in [0.4, 0.5) is 5.69 Å². The van der Waals surface area contributed by atoms with Crippen LogP contribution in [0, 0.1) is 0 Å². The van der Waals surface area contributed by atoms with Crippen LogP contribution in [-0.2, 0) is 0 Å². The van der Waals surface area contributed by atoms with Crippen molar-refractivity contribution in [2.24, 2.45) is 10.9 Å². The SMILES string of the molecule is CCCCN(c1cc(Cl)ccc1C(N)=NO)C1CC1. The summed E-state index contributed by atoms with van der Waals surface area (Å²) in [6.45, 7) is 3.15. The molecule has 0 aromatic heterocycles. The summed E-state index contributed by atoms with van der Waals surface area (Å²) in [6, 6.07) is 6.05. The van der Waals surface area contributed by atoms with Gasteiger partial charge in [0.05, 0.1) is 0 Å². The maximum Gasteiger partial charge on any atom is 0.172 e. The Hall–Kier alpha value is -1.42. The number of halogens is 1. The van der Waals surface area contributed by atoms with Gasteiger partial charge in [0.25, 0.3) is 0 Å². The summed E-state index contributed by atoms with van der Waals surface area (Å²) in [5.74, 6) is 0.133. The van der Waals surface area contributed by atoms with Gasteiger partial charge in [-0.15, -0.1) is 0 Å². The molecule has 0 amide bonds. The van der Waals surface area contributed by atoms with Crippen LogP contribution in [0.5, 0.6) is 0 Å². The van der Waals surface area contributed by atoms with Gasteiger partial charge in [-0.3, -0.25) is 0 Å².